The van der Waals surface area contributed by atoms with Crippen LogP contribution in [0.1, 0.15) is 26.3 Å². The molecule has 0 spiro atoms. The topological polar surface area (TPSA) is 3.24 Å². The van der Waals surface area contributed by atoms with Gasteiger partial charge in [-0.05, 0) is 38.5 Å². The summed E-state index contributed by atoms with van der Waals surface area (Å²) in [5, 5.41) is 0. The van der Waals surface area contributed by atoms with Gasteiger partial charge in [0, 0.05) is 28.6 Å². The highest BCUT2D eigenvalue weighted by Crippen LogP contribution is 2.29. The fourth-order valence-electron chi connectivity index (χ4n) is 1.32. The van der Waals surface area contributed by atoms with Crippen LogP contribution in [0, 0.1) is 0 Å². The number of hydrogen-bond donors (Lipinski definition) is 0. The Labute approximate surface area is 106 Å². The summed E-state index contributed by atoms with van der Waals surface area (Å²) in [4.78, 5) is 2.25. The van der Waals surface area contributed by atoms with Crippen molar-refractivity contribution in [3.63, 3.8) is 0 Å². The predicted molar refractivity (Wildman–Crippen MR) is 71.9 cm³/mol. The lowest BCUT2D eigenvalue weighted by Crippen LogP contribution is -2.38. The number of anilines is 1. The molecule has 0 amide bonds. The van der Waals surface area contributed by atoms with E-state index in [1.807, 2.05) is 6.07 Å². The largest absolute Gasteiger partial charge is 0.369 e. The van der Waals surface area contributed by atoms with Crippen molar-refractivity contribution in [2.24, 2.45) is 0 Å². The summed E-state index contributed by atoms with van der Waals surface area (Å²) in [6.07, 6.45) is 0. The number of hydrogen-bond acceptors (Lipinski definition) is 1. The molecule has 0 bridgehead atoms. The van der Waals surface area contributed by atoms with E-state index in [1.165, 1.54) is 5.69 Å². The number of alkyl halides is 1. The highest BCUT2D eigenvalue weighted by Gasteiger charge is 2.19. The van der Waals surface area contributed by atoms with E-state index < -0.39 is 0 Å². The van der Waals surface area contributed by atoms with E-state index >= 15 is 0 Å². The van der Waals surface area contributed by atoms with E-state index in [-0.39, 0.29) is 5.54 Å². The molecule has 0 aliphatic carbocycles. The van der Waals surface area contributed by atoms with E-state index in [0.717, 1.165) is 10.0 Å². The minimum Gasteiger partial charge on any atom is -0.369 e. The average molecular weight is 291 g/mol. The van der Waals surface area contributed by atoms with Crippen molar-refractivity contribution < 1.29 is 0 Å². The molecule has 0 radical (unpaired) electrons. The molecule has 0 atom stereocenters. The first-order chi connectivity index (χ1) is 6.86. The molecule has 1 aromatic carbocycles. The van der Waals surface area contributed by atoms with Gasteiger partial charge in [-0.25, -0.2) is 0 Å². The molecular formula is C12H17BrClN. The third-order valence-corrected chi connectivity index (χ3v) is 3.34. The summed E-state index contributed by atoms with van der Waals surface area (Å²) in [7, 11) is 2.10. The minimum atomic E-state index is 0.0988. The molecule has 0 saturated heterocycles. The van der Waals surface area contributed by atoms with Crippen molar-refractivity contribution in [2.45, 2.75) is 32.2 Å². The van der Waals surface area contributed by atoms with Crippen LogP contribution in [0.25, 0.3) is 0 Å². The fraction of sp³-hybridized carbons (Fsp3) is 0.500. The van der Waals surface area contributed by atoms with Gasteiger partial charge in [-0.15, -0.1) is 11.6 Å². The Kier molecular flexibility index (Phi) is 4.07. The van der Waals surface area contributed by atoms with Crippen molar-refractivity contribution in [2.75, 3.05) is 11.9 Å². The van der Waals surface area contributed by atoms with Gasteiger partial charge in [0.15, 0.2) is 0 Å². The van der Waals surface area contributed by atoms with Crippen molar-refractivity contribution in [1.82, 2.24) is 0 Å². The van der Waals surface area contributed by atoms with E-state index in [1.54, 1.807) is 0 Å². The number of nitrogens with zero attached hydrogens (tertiary/aromatic N) is 1. The van der Waals surface area contributed by atoms with Gasteiger partial charge in [0.05, 0.1) is 0 Å². The number of rotatable bonds is 2. The van der Waals surface area contributed by atoms with Crippen molar-refractivity contribution >= 4 is 33.2 Å². The Hall–Kier alpha value is -0.210. The summed E-state index contributed by atoms with van der Waals surface area (Å²) >= 11 is 9.43. The molecule has 0 aromatic heterocycles. The first-order valence-corrected chi connectivity index (χ1v) is 6.27. The van der Waals surface area contributed by atoms with Gasteiger partial charge in [0.1, 0.15) is 0 Å². The zero-order chi connectivity index (χ0) is 11.6. The highest BCUT2D eigenvalue weighted by atomic mass is 79.9. The first kappa shape index (κ1) is 12.9. The van der Waals surface area contributed by atoms with Gasteiger partial charge in [0.2, 0.25) is 0 Å². The second-order valence-electron chi connectivity index (χ2n) is 4.64. The molecule has 1 nitrogen and oxygen atoms in total. The molecule has 0 saturated carbocycles. The Morgan fingerprint density at radius 1 is 1.33 bits per heavy atom. The molecule has 0 unspecified atom stereocenters. The molecule has 0 aliphatic heterocycles. The van der Waals surface area contributed by atoms with Crippen LogP contribution in [0.2, 0.25) is 0 Å². The Morgan fingerprint density at radius 3 is 2.40 bits per heavy atom. The maximum atomic E-state index is 5.94. The number of halogens is 2. The van der Waals surface area contributed by atoms with Crippen molar-refractivity contribution in [1.29, 1.82) is 0 Å². The van der Waals surface area contributed by atoms with Crippen LogP contribution in [0.5, 0.6) is 0 Å². The quantitative estimate of drug-likeness (QED) is 0.729. The lowest BCUT2D eigenvalue weighted by atomic mass is 10.0. The highest BCUT2D eigenvalue weighted by molar-refractivity contribution is 9.10. The molecule has 84 valence electrons. The van der Waals surface area contributed by atoms with E-state index in [2.05, 4.69) is 60.8 Å². The molecule has 1 aromatic rings. The maximum absolute atomic E-state index is 5.94. The van der Waals surface area contributed by atoms with Gasteiger partial charge in [-0.3, -0.25) is 0 Å². The SMILES string of the molecule is CN(c1cc(Br)ccc1CCl)C(C)(C)C. The Bertz CT molecular complexity index is 344. The summed E-state index contributed by atoms with van der Waals surface area (Å²) in [5.41, 5.74) is 2.45. The molecule has 0 heterocycles. The zero-order valence-corrected chi connectivity index (χ0v) is 12.0. The van der Waals surface area contributed by atoms with Crippen LogP contribution < -0.4 is 4.90 Å². The van der Waals surface area contributed by atoms with E-state index in [0.29, 0.717) is 5.88 Å². The lowest BCUT2D eigenvalue weighted by molar-refractivity contribution is 0.537. The molecule has 0 fully saturated rings. The normalized spacial score (nSPS) is 11.6. The molecule has 0 aliphatic rings. The van der Waals surface area contributed by atoms with Crippen LogP contribution in [0.3, 0.4) is 0 Å². The third kappa shape index (κ3) is 3.12. The van der Waals surface area contributed by atoms with Crippen LogP contribution in [-0.2, 0) is 5.88 Å². The van der Waals surface area contributed by atoms with Crippen LogP contribution >= 0.6 is 27.5 Å². The summed E-state index contributed by atoms with van der Waals surface area (Å²) in [6, 6.07) is 6.20. The van der Waals surface area contributed by atoms with Crippen molar-refractivity contribution in [3.8, 4) is 0 Å². The Morgan fingerprint density at radius 2 is 1.93 bits per heavy atom. The number of benzene rings is 1. The summed E-state index contributed by atoms with van der Waals surface area (Å²) in [5.74, 6) is 0.545. The smallest absolute Gasteiger partial charge is 0.0494 e. The predicted octanol–water partition coefficient (Wildman–Crippen LogP) is 4.42. The fourth-order valence-corrected chi connectivity index (χ4v) is 1.90. The molecule has 1 rings (SSSR count). The third-order valence-electron chi connectivity index (χ3n) is 2.56. The van der Waals surface area contributed by atoms with Gasteiger partial charge >= 0.3 is 0 Å². The monoisotopic (exact) mass is 289 g/mol. The van der Waals surface area contributed by atoms with Gasteiger partial charge in [-0.2, -0.15) is 0 Å². The second-order valence-corrected chi connectivity index (χ2v) is 5.82. The van der Waals surface area contributed by atoms with Gasteiger partial charge in [-0.1, -0.05) is 22.0 Å². The maximum Gasteiger partial charge on any atom is 0.0494 e. The molecular weight excluding hydrogens is 273 g/mol. The van der Waals surface area contributed by atoms with Crippen LogP contribution in [0.15, 0.2) is 22.7 Å². The Balaban J connectivity index is 3.17. The zero-order valence-electron chi connectivity index (χ0n) is 9.64. The standard InChI is InChI=1S/C12H17BrClN/c1-12(2,3)15(4)11-7-10(13)6-5-9(11)8-14/h5-7H,8H2,1-4H3. The first-order valence-electron chi connectivity index (χ1n) is 4.94. The van der Waals surface area contributed by atoms with Crippen LogP contribution in [-0.4, -0.2) is 12.6 Å². The molecule has 15 heavy (non-hydrogen) atoms. The van der Waals surface area contributed by atoms with Crippen LogP contribution in [0.4, 0.5) is 5.69 Å². The summed E-state index contributed by atoms with van der Waals surface area (Å²) in [6.45, 7) is 6.56. The summed E-state index contributed by atoms with van der Waals surface area (Å²) < 4.78 is 1.09. The van der Waals surface area contributed by atoms with Gasteiger partial charge < -0.3 is 4.90 Å². The van der Waals surface area contributed by atoms with E-state index in [9.17, 15) is 0 Å². The average Bonchev–Trinajstić information content (AvgIpc) is 2.15. The molecule has 0 N–H and O–H groups in total. The molecule has 3 heteroatoms. The second kappa shape index (κ2) is 4.75. The van der Waals surface area contributed by atoms with Gasteiger partial charge in [0.25, 0.3) is 0 Å². The lowest BCUT2D eigenvalue weighted by Gasteiger charge is -2.35. The van der Waals surface area contributed by atoms with Crippen molar-refractivity contribution in [3.05, 3.63) is 28.2 Å². The van der Waals surface area contributed by atoms with E-state index in [4.69, 9.17) is 11.6 Å². The minimum absolute atomic E-state index is 0.0988.